The summed E-state index contributed by atoms with van der Waals surface area (Å²) in [6, 6.07) is 10.1. The number of hydrogen-bond acceptors (Lipinski definition) is 7. The molecular weight excluding hydrogens is 414 g/mol. The van der Waals surface area contributed by atoms with Gasteiger partial charge in [0.1, 0.15) is 11.4 Å². The van der Waals surface area contributed by atoms with Crippen LogP contribution in [0.15, 0.2) is 53.3 Å². The van der Waals surface area contributed by atoms with Gasteiger partial charge in [0.2, 0.25) is 0 Å². The van der Waals surface area contributed by atoms with Gasteiger partial charge in [0.15, 0.2) is 5.76 Å². The number of aromatic nitrogens is 2. The first-order valence-corrected chi connectivity index (χ1v) is 10.2. The van der Waals surface area contributed by atoms with E-state index in [9.17, 15) is 14.4 Å². The fourth-order valence-corrected chi connectivity index (χ4v) is 3.53. The highest BCUT2D eigenvalue weighted by molar-refractivity contribution is 5.96. The number of nitrogens with two attached hydrogens (primary N) is 1. The molecule has 3 heterocycles. The van der Waals surface area contributed by atoms with Gasteiger partial charge in [0.25, 0.3) is 11.8 Å². The maximum atomic E-state index is 12.9. The van der Waals surface area contributed by atoms with E-state index in [2.05, 4.69) is 5.10 Å². The Hall–Kier alpha value is -4.08. The number of carbonyl (C=O) groups excluding carboxylic acids is 3. The number of amides is 2. The van der Waals surface area contributed by atoms with E-state index in [1.807, 2.05) is 0 Å². The lowest BCUT2D eigenvalue weighted by atomic mass is 10.1. The normalized spacial score (nSPS) is 13.8. The number of anilines is 1. The Morgan fingerprint density at radius 3 is 2.28 bits per heavy atom. The average Bonchev–Trinajstić information content (AvgIpc) is 3.49. The summed E-state index contributed by atoms with van der Waals surface area (Å²) in [5.74, 6) is -0.371. The molecule has 0 radical (unpaired) electrons. The second-order valence-corrected chi connectivity index (χ2v) is 7.18. The fraction of sp³-hybridized carbons (Fsp3) is 0.273. The Balaban J connectivity index is 1.40. The Kier molecular flexibility index (Phi) is 5.93. The third-order valence-corrected chi connectivity index (χ3v) is 5.25. The van der Waals surface area contributed by atoms with Crippen LogP contribution in [-0.2, 0) is 4.74 Å². The van der Waals surface area contributed by atoms with Gasteiger partial charge in [-0.15, -0.1) is 0 Å². The summed E-state index contributed by atoms with van der Waals surface area (Å²) in [5.41, 5.74) is 7.35. The van der Waals surface area contributed by atoms with Crippen LogP contribution in [0.25, 0.3) is 5.69 Å². The minimum atomic E-state index is -0.535. The van der Waals surface area contributed by atoms with Crippen LogP contribution in [0.5, 0.6) is 0 Å². The summed E-state index contributed by atoms with van der Waals surface area (Å²) < 4.78 is 11.5. The molecule has 1 saturated heterocycles. The molecule has 0 saturated carbocycles. The van der Waals surface area contributed by atoms with Crippen molar-refractivity contribution in [1.82, 2.24) is 19.6 Å². The van der Waals surface area contributed by atoms with Crippen LogP contribution in [0, 0.1) is 0 Å². The van der Waals surface area contributed by atoms with Crippen LogP contribution in [0.1, 0.15) is 38.2 Å². The molecule has 32 heavy (non-hydrogen) atoms. The Morgan fingerprint density at radius 2 is 1.69 bits per heavy atom. The highest BCUT2D eigenvalue weighted by Gasteiger charge is 2.26. The molecular formula is C22H23N5O5. The van der Waals surface area contributed by atoms with Crippen molar-refractivity contribution in [3.05, 3.63) is 65.7 Å². The van der Waals surface area contributed by atoms with E-state index < -0.39 is 5.97 Å². The predicted molar refractivity (Wildman–Crippen MR) is 114 cm³/mol. The molecule has 2 amide bonds. The van der Waals surface area contributed by atoms with E-state index in [4.69, 9.17) is 14.9 Å². The van der Waals surface area contributed by atoms with E-state index in [1.165, 1.54) is 17.1 Å². The number of hydrogen-bond donors (Lipinski definition) is 1. The van der Waals surface area contributed by atoms with Crippen molar-refractivity contribution >= 4 is 23.6 Å². The monoisotopic (exact) mass is 437 g/mol. The number of nitrogen functional groups attached to an aromatic ring is 1. The number of benzene rings is 1. The number of esters is 1. The first-order chi connectivity index (χ1) is 15.5. The third-order valence-electron chi connectivity index (χ3n) is 5.25. The first-order valence-electron chi connectivity index (χ1n) is 10.2. The molecule has 10 heteroatoms. The lowest BCUT2D eigenvalue weighted by Crippen LogP contribution is -2.50. The third kappa shape index (κ3) is 4.07. The lowest BCUT2D eigenvalue weighted by Gasteiger charge is -2.34. The first kappa shape index (κ1) is 21.2. The molecule has 0 unspecified atom stereocenters. The van der Waals surface area contributed by atoms with Crippen molar-refractivity contribution in [2.24, 2.45) is 0 Å². The van der Waals surface area contributed by atoms with Gasteiger partial charge in [0.05, 0.1) is 24.8 Å². The second-order valence-electron chi connectivity index (χ2n) is 7.18. The van der Waals surface area contributed by atoms with E-state index in [1.54, 1.807) is 53.1 Å². The average molecular weight is 437 g/mol. The molecule has 0 atom stereocenters. The topological polar surface area (TPSA) is 124 Å². The van der Waals surface area contributed by atoms with Crippen molar-refractivity contribution in [2.45, 2.75) is 6.92 Å². The molecule has 1 aromatic carbocycles. The van der Waals surface area contributed by atoms with Crippen LogP contribution in [0.2, 0.25) is 0 Å². The van der Waals surface area contributed by atoms with Gasteiger partial charge in [-0.3, -0.25) is 9.59 Å². The van der Waals surface area contributed by atoms with Crippen molar-refractivity contribution < 1.29 is 23.5 Å². The molecule has 10 nitrogen and oxygen atoms in total. The lowest BCUT2D eigenvalue weighted by molar-refractivity contribution is 0.0518. The smallest absolute Gasteiger partial charge is 0.343 e. The van der Waals surface area contributed by atoms with Crippen molar-refractivity contribution in [3.63, 3.8) is 0 Å². The second kappa shape index (κ2) is 8.96. The van der Waals surface area contributed by atoms with Crippen molar-refractivity contribution in [2.75, 3.05) is 38.5 Å². The van der Waals surface area contributed by atoms with Crippen LogP contribution in [0.3, 0.4) is 0 Å². The molecule has 4 rings (SSSR count). The summed E-state index contributed by atoms with van der Waals surface area (Å²) in [6.07, 6.45) is 2.82. The molecule has 1 aliphatic heterocycles. The SMILES string of the molecule is CCOC(=O)c1cnn(-c2ccc(C(=O)N3CCN(C(=O)c4ccco4)CC3)cc2)c1N. The summed E-state index contributed by atoms with van der Waals surface area (Å²) in [4.78, 5) is 40.6. The van der Waals surface area contributed by atoms with Gasteiger partial charge >= 0.3 is 5.97 Å². The molecule has 1 fully saturated rings. The van der Waals surface area contributed by atoms with Crippen LogP contribution >= 0.6 is 0 Å². The standard InChI is InChI=1S/C22H23N5O5/c1-2-31-22(30)17-14-24-27(19(17)23)16-7-5-15(6-8-16)20(28)25-9-11-26(12-10-25)21(29)18-4-3-13-32-18/h3-8,13-14H,2,9-12,23H2,1H3. The zero-order valence-corrected chi connectivity index (χ0v) is 17.6. The summed E-state index contributed by atoms with van der Waals surface area (Å²) in [5, 5.41) is 4.15. The number of carbonyl (C=O) groups is 3. The minimum absolute atomic E-state index is 0.123. The summed E-state index contributed by atoms with van der Waals surface area (Å²) >= 11 is 0. The summed E-state index contributed by atoms with van der Waals surface area (Å²) in [7, 11) is 0. The number of ether oxygens (including phenoxy) is 1. The van der Waals surface area contributed by atoms with E-state index >= 15 is 0 Å². The predicted octanol–water partition coefficient (Wildman–Crippen LogP) is 1.82. The van der Waals surface area contributed by atoms with Gasteiger partial charge in [-0.2, -0.15) is 5.10 Å². The van der Waals surface area contributed by atoms with Crippen molar-refractivity contribution in [3.8, 4) is 5.69 Å². The maximum Gasteiger partial charge on any atom is 0.343 e. The van der Waals surface area contributed by atoms with Gasteiger partial charge in [-0.05, 0) is 43.3 Å². The molecule has 2 aromatic heterocycles. The highest BCUT2D eigenvalue weighted by atomic mass is 16.5. The molecule has 3 aromatic rings. The van der Waals surface area contributed by atoms with Crippen LogP contribution < -0.4 is 5.73 Å². The summed E-state index contributed by atoms with van der Waals surface area (Å²) in [6.45, 7) is 3.69. The quantitative estimate of drug-likeness (QED) is 0.604. The number of rotatable bonds is 5. The zero-order valence-electron chi connectivity index (χ0n) is 17.6. The van der Waals surface area contributed by atoms with Gasteiger partial charge in [-0.25, -0.2) is 9.48 Å². The Labute approximate surface area is 184 Å². The zero-order chi connectivity index (χ0) is 22.7. The molecule has 0 spiro atoms. The van der Waals surface area contributed by atoms with E-state index in [0.29, 0.717) is 43.2 Å². The Morgan fingerprint density at radius 1 is 1.03 bits per heavy atom. The molecule has 0 bridgehead atoms. The molecule has 166 valence electrons. The largest absolute Gasteiger partial charge is 0.462 e. The van der Waals surface area contributed by atoms with E-state index in [0.717, 1.165) is 0 Å². The number of furan rings is 1. The van der Waals surface area contributed by atoms with Crippen molar-refractivity contribution in [1.29, 1.82) is 0 Å². The number of piperazine rings is 1. The molecule has 2 N–H and O–H groups in total. The van der Waals surface area contributed by atoms with Gasteiger partial charge < -0.3 is 24.7 Å². The van der Waals surface area contributed by atoms with Crippen LogP contribution in [0.4, 0.5) is 5.82 Å². The minimum Gasteiger partial charge on any atom is -0.462 e. The number of nitrogens with zero attached hydrogens (tertiary/aromatic N) is 4. The fourth-order valence-electron chi connectivity index (χ4n) is 3.53. The molecule has 1 aliphatic rings. The van der Waals surface area contributed by atoms with Gasteiger partial charge in [0, 0.05) is 31.7 Å². The van der Waals surface area contributed by atoms with Gasteiger partial charge in [-0.1, -0.05) is 0 Å². The van der Waals surface area contributed by atoms with E-state index in [-0.39, 0.29) is 29.8 Å². The molecule has 0 aliphatic carbocycles. The maximum absolute atomic E-state index is 12.9. The Bertz CT molecular complexity index is 1110. The van der Waals surface area contributed by atoms with Crippen LogP contribution in [-0.4, -0.2) is 70.1 Å². The highest BCUT2D eigenvalue weighted by Crippen LogP contribution is 2.19.